The fourth-order valence-electron chi connectivity index (χ4n) is 5.65. The molecule has 4 aromatic rings. The summed E-state index contributed by atoms with van der Waals surface area (Å²) in [6.45, 7) is 1.92. The van der Waals surface area contributed by atoms with Gasteiger partial charge in [-0.05, 0) is 61.9 Å². The number of carbonyl (C=O) groups is 1. The van der Waals surface area contributed by atoms with Gasteiger partial charge in [0, 0.05) is 48.8 Å². The summed E-state index contributed by atoms with van der Waals surface area (Å²) in [6, 6.07) is 7.46. The van der Waals surface area contributed by atoms with Crippen LogP contribution in [0.5, 0.6) is 0 Å². The molecule has 0 spiro atoms. The van der Waals surface area contributed by atoms with E-state index >= 15 is 4.39 Å². The normalized spacial score (nSPS) is 18.6. The topological polar surface area (TPSA) is 88.3 Å². The summed E-state index contributed by atoms with van der Waals surface area (Å²) in [7, 11) is 0. The van der Waals surface area contributed by atoms with Gasteiger partial charge < -0.3 is 14.3 Å². The molecule has 1 saturated carbocycles. The van der Waals surface area contributed by atoms with Crippen LogP contribution in [0, 0.1) is 11.6 Å². The van der Waals surface area contributed by atoms with Crippen molar-refractivity contribution in [2.75, 3.05) is 29.4 Å². The molecule has 2 aliphatic heterocycles. The number of aromatic nitrogens is 4. The van der Waals surface area contributed by atoms with Crippen molar-refractivity contribution in [3.8, 4) is 11.1 Å². The van der Waals surface area contributed by atoms with E-state index in [9.17, 15) is 9.18 Å². The number of fused-ring (bicyclic) bond motifs is 1. The lowest BCUT2D eigenvalue weighted by molar-refractivity contribution is -0.117. The van der Waals surface area contributed by atoms with Crippen LogP contribution in [0.2, 0.25) is 0 Å². The highest BCUT2D eigenvalue weighted by Crippen LogP contribution is 2.40. The van der Waals surface area contributed by atoms with E-state index in [1.807, 2.05) is 0 Å². The Labute approximate surface area is 217 Å². The Kier molecular flexibility index (Phi) is 5.56. The predicted octanol–water partition coefficient (Wildman–Crippen LogP) is 5.35. The first-order valence-corrected chi connectivity index (χ1v) is 13.2. The molecule has 0 N–H and O–H groups in total. The van der Waals surface area contributed by atoms with Crippen LogP contribution in [0.4, 0.5) is 20.3 Å². The van der Waals surface area contributed by atoms with Crippen LogP contribution < -0.4 is 9.80 Å². The Bertz CT molecular complexity index is 1540. The Balaban J connectivity index is 1.17. The van der Waals surface area contributed by atoms with Crippen molar-refractivity contribution < 1.29 is 18.1 Å². The number of benzene rings is 2. The summed E-state index contributed by atoms with van der Waals surface area (Å²) >= 11 is 0. The zero-order valence-corrected chi connectivity index (χ0v) is 20.7. The van der Waals surface area contributed by atoms with Crippen molar-refractivity contribution in [1.82, 2.24) is 20.1 Å². The molecular formula is C28H26F2N6O2. The van der Waals surface area contributed by atoms with Gasteiger partial charge in [0.05, 0.1) is 11.2 Å². The highest BCUT2D eigenvalue weighted by atomic mass is 19.1. The van der Waals surface area contributed by atoms with E-state index in [0.29, 0.717) is 66.2 Å². The van der Waals surface area contributed by atoms with Crippen LogP contribution in [0.3, 0.4) is 0 Å². The summed E-state index contributed by atoms with van der Waals surface area (Å²) in [5.41, 5.74) is 1.78. The van der Waals surface area contributed by atoms with Gasteiger partial charge in [-0.15, -0.1) is 0 Å². The molecule has 10 heteroatoms. The van der Waals surface area contributed by atoms with Gasteiger partial charge in [-0.2, -0.15) is 4.98 Å². The third-order valence-corrected chi connectivity index (χ3v) is 7.85. The lowest BCUT2D eigenvalue weighted by Crippen LogP contribution is -2.34. The Morgan fingerprint density at radius 3 is 2.53 bits per heavy atom. The third kappa shape index (κ3) is 4.08. The molecule has 0 bridgehead atoms. The highest BCUT2D eigenvalue weighted by molar-refractivity contribution is 6.00. The molecule has 2 saturated heterocycles. The number of hydrogen-bond donors (Lipinski definition) is 0. The lowest BCUT2D eigenvalue weighted by atomic mass is 9.95. The number of anilines is 2. The Morgan fingerprint density at radius 2 is 1.79 bits per heavy atom. The fourth-order valence-corrected chi connectivity index (χ4v) is 5.65. The van der Waals surface area contributed by atoms with E-state index in [0.717, 1.165) is 37.4 Å². The minimum absolute atomic E-state index is 0.0864. The molecular weight excluding hydrogens is 490 g/mol. The maximum absolute atomic E-state index is 15.1. The number of amides is 1. The number of hydrogen-bond acceptors (Lipinski definition) is 7. The predicted molar refractivity (Wildman–Crippen MR) is 137 cm³/mol. The average molecular weight is 517 g/mol. The molecule has 7 rings (SSSR count). The fraction of sp³-hybridized carbons (Fsp3) is 0.393. The lowest BCUT2D eigenvalue weighted by Gasteiger charge is -2.32. The molecule has 3 fully saturated rings. The van der Waals surface area contributed by atoms with Crippen LogP contribution >= 0.6 is 0 Å². The molecule has 1 amide bonds. The number of rotatable bonds is 5. The van der Waals surface area contributed by atoms with Crippen molar-refractivity contribution >= 4 is 28.3 Å². The second kappa shape index (κ2) is 9.11. The maximum atomic E-state index is 15.1. The molecule has 3 aliphatic rings. The Morgan fingerprint density at radius 1 is 0.947 bits per heavy atom. The van der Waals surface area contributed by atoms with Crippen LogP contribution in [0.25, 0.3) is 22.0 Å². The van der Waals surface area contributed by atoms with Gasteiger partial charge in [0.1, 0.15) is 23.8 Å². The maximum Gasteiger partial charge on any atom is 0.229 e. The molecule has 194 valence electrons. The van der Waals surface area contributed by atoms with E-state index in [2.05, 4.69) is 25.0 Å². The number of nitrogens with zero attached hydrogens (tertiary/aromatic N) is 6. The van der Waals surface area contributed by atoms with Gasteiger partial charge >= 0.3 is 0 Å². The van der Waals surface area contributed by atoms with E-state index in [-0.39, 0.29) is 17.5 Å². The minimum atomic E-state index is -0.516. The minimum Gasteiger partial charge on any atom is -0.356 e. The number of carbonyl (C=O) groups excluding carboxylic acids is 1. The summed E-state index contributed by atoms with van der Waals surface area (Å²) in [6.07, 6.45) is 6.51. The second-order valence-corrected chi connectivity index (χ2v) is 10.4. The smallest absolute Gasteiger partial charge is 0.229 e. The first-order chi connectivity index (χ1) is 18.5. The third-order valence-electron chi connectivity index (χ3n) is 7.85. The first kappa shape index (κ1) is 23.2. The first-order valence-electron chi connectivity index (χ1n) is 13.2. The van der Waals surface area contributed by atoms with Gasteiger partial charge in [0.15, 0.2) is 5.82 Å². The van der Waals surface area contributed by atoms with E-state index < -0.39 is 11.6 Å². The standard InChI is InChI=1S/C28H26F2N6O2/c29-19-13-20(18-5-6-23(22(30)12-18)36-9-1-2-24(36)37)25-21(14-19)27(32-15-31-25)35-10-7-16(8-11-35)26-33-28(38-34-26)17-3-4-17/h5-6,12-17H,1-4,7-11H2. The highest BCUT2D eigenvalue weighted by Gasteiger charge is 2.32. The summed E-state index contributed by atoms with van der Waals surface area (Å²) < 4.78 is 35.5. The van der Waals surface area contributed by atoms with Gasteiger partial charge in [-0.1, -0.05) is 11.2 Å². The summed E-state index contributed by atoms with van der Waals surface area (Å²) in [4.78, 5) is 29.3. The van der Waals surface area contributed by atoms with Crippen molar-refractivity contribution in [3.63, 3.8) is 0 Å². The van der Waals surface area contributed by atoms with E-state index in [4.69, 9.17) is 4.52 Å². The molecule has 0 radical (unpaired) electrons. The molecule has 0 unspecified atom stereocenters. The van der Waals surface area contributed by atoms with Crippen molar-refractivity contribution in [3.05, 3.63) is 60.0 Å². The molecule has 1 aliphatic carbocycles. The summed E-state index contributed by atoms with van der Waals surface area (Å²) in [5.74, 6) is 1.77. The van der Waals surface area contributed by atoms with Gasteiger partial charge in [0.25, 0.3) is 0 Å². The van der Waals surface area contributed by atoms with Crippen molar-refractivity contribution in [1.29, 1.82) is 0 Å². The van der Waals surface area contributed by atoms with Crippen LogP contribution in [-0.4, -0.2) is 45.7 Å². The van der Waals surface area contributed by atoms with Gasteiger partial charge in [-0.25, -0.2) is 18.7 Å². The Hall–Kier alpha value is -3.95. The molecule has 4 heterocycles. The molecule has 0 atom stereocenters. The molecule has 2 aromatic carbocycles. The SMILES string of the molecule is O=C1CCCN1c1ccc(-c2cc(F)cc3c(N4CCC(c5noc(C6CC6)n5)CC4)ncnc23)cc1F. The number of piperidine rings is 1. The van der Waals surface area contributed by atoms with Crippen molar-refractivity contribution in [2.24, 2.45) is 0 Å². The quantitative estimate of drug-likeness (QED) is 0.354. The average Bonchev–Trinajstić information content (AvgIpc) is 3.51. The zero-order valence-electron chi connectivity index (χ0n) is 20.7. The monoisotopic (exact) mass is 516 g/mol. The molecule has 8 nitrogen and oxygen atoms in total. The molecule has 2 aromatic heterocycles. The van der Waals surface area contributed by atoms with Gasteiger partial charge in [-0.3, -0.25) is 4.79 Å². The van der Waals surface area contributed by atoms with Crippen LogP contribution in [-0.2, 0) is 4.79 Å². The number of halogens is 2. The van der Waals surface area contributed by atoms with E-state index in [1.54, 1.807) is 12.1 Å². The van der Waals surface area contributed by atoms with Crippen molar-refractivity contribution in [2.45, 2.75) is 50.4 Å². The molecule has 38 heavy (non-hydrogen) atoms. The zero-order chi connectivity index (χ0) is 25.8. The second-order valence-electron chi connectivity index (χ2n) is 10.4. The van der Waals surface area contributed by atoms with Crippen LogP contribution in [0.1, 0.15) is 62.1 Å². The largest absolute Gasteiger partial charge is 0.356 e. The van der Waals surface area contributed by atoms with E-state index in [1.165, 1.54) is 29.4 Å². The van der Waals surface area contributed by atoms with Crippen LogP contribution in [0.15, 0.2) is 41.2 Å². The summed E-state index contributed by atoms with van der Waals surface area (Å²) in [5, 5.41) is 4.80. The van der Waals surface area contributed by atoms with Gasteiger partial charge in [0.2, 0.25) is 11.8 Å².